The molecule has 1 heterocycles. The van der Waals surface area contributed by atoms with Crippen LogP contribution in [0.3, 0.4) is 0 Å². The standard InChI is InChI=1S/C8H6ClF2NO3/c1-15-8(14)5-3(7(10)11)2-4(13)6(9)12-5/h2,7,13H,1H3. The summed E-state index contributed by atoms with van der Waals surface area (Å²) in [6.07, 6.45) is -2.95. The molecule has 0 aliphatic rings. The van der Waals surface area contributed by atoms with Gasteiger partial charge in [0.05, 0.1) is 12.7 Å². The normalized spacial score (nSPS) is 10.5. The summed E-state index contributed by atoms with van der Waals surface area (Å²) in [6.45, 7) is 0. The first-order chi connectivity index (χ1) is 6.97. The van der Waals surface area contributed by atoms with Gasteiger partial charge in [-0.05, 0) is 6.07 Å². The molecule has 0 atom stereocenters. The first-order valence-electron chi connectivity index (χ1n) is 3.73. The Hall–Kier alpha value is -1.43. The number of nitrogens with zero attached hydrogens (tertiary/aromatic N) is 1. The van der Waals surface area contributed by atoms with E-state index in [0.29, 0.717) is 6.07 Å². The number of aromatic nitrogens is 1. The Morgan fingerprint density at radius 1 is 1.67 bits per heavy atom. The quantitative estimate of drug-likeness (QED) is 0.633. The third kappa shape index (κ3) is 2.33. The molecule has 0 amide bonds. The summed E-state index contributed by atoms with van der Waals surface area (Å²) >= 11 is 5.38. The van der Waals surface area contributed by atoms with Crippen LogP contribution < -0.4 is 0 Å². The minimum atomic E-state index is -2.95. The number of carbonyl (C=O) groups excluding carboxylic acids is 1. The summed E-state index contributed by atoms with van der Waals surface area (Å²) in [4.78, 5) is 14.4. The molecule has 82 valence electrons. The van der Waals surface area contributed by atoms with Crippen LogP contribution in [0.1, 0.15) is 22.5 Å². The van der Waals surface area contributed by atoms with Crippen LogP contribution in [0.4, 0.5) is 8.78 Å². The molecule has 15 heavy (non-hydrogen) atoms. The second kappa shape index (κ2) is 4.39. The Labute approximate surface area is 88.4 Å². The SMILES string of the molecule is COC(=O)c1nc(Cl)c(O)cc1C(F)F. The fraction of sp³-hybridized carbons (Fsp3) is 0.250. The van der Waals surface area contributed by atoms with Gasteiger partial charge in [0.2, 0.25) is 0 Å². The molecule has 0 spiro atoms. The lowest BCUT2D eigenvalue weighted by Crippen LogP contribution is -2.09. The van der Waals surface area contributed by atoms with Gasteiger partial charge in [-0.3, -0.25) is 0 Å². The number of aromatic hydroxyl groups is 1. The summed E-state index contributed by atoms with van der Waals surface area (Å²) in [5, 5.41) is 8.62. The molecule has 0 aliphatic carbocycles. The molecule has 0 aromatic carbocycles. The molecular formula is C8H6ClF2NO3. The highest BCUT2D eigenvalue weighted by Crippen LogP contribution is 2.30. The van der Waals surface area contributed by atoms with Crippen molar-refractivity contribution in [1.29, 1.82) is 0 Å². The maximum absolute atomic E-state index is 12.4. The van der Waals surface area contributed by atoms with Crippen molar-refractivity contribution in [1.82, 2.24) is 4.98 Å². The van der Waals surface area contributed by atoms with E-state index in [2.05, 4.69) is 9.72 Å². The number of ether oxygens (including phenoxy) is 1. The molecule has 1 N–H and O–H groups in total. The molecular weight excluding hydrogens is 232 g/mol. The molecule has 0 aliphatic heterocycles. The number of hydrogen-bond acceptors (Lipinski definition) is 4. The van der Waals surface area contributed by atoms with Gasteiger partial charge in [-0.25, -0.2) is 18.6 Å². The number of esters is 1. The molecule has 0 fully saturated rings. The Kier molecular flexibility index (Phi) is 3.41. The molecule has 1 aromatic rings. The topological polar surface area (TPSA) is 59.4 Å². The van der Waals surface area contributed by atoms with Crippen molar-refractivity contribution in [2.75, 3.05) is 7.11 Å². The van der Waals surface area contributed by atoms with Gasteiger partial charge in [-0.15, -0.1) is 0 Å². The van der Waals surface area contributed by atoms with Gasteiger partial charge in [0.15, 0.2) is 16.6 Å². The fourth-order valence-electron chi connectivity index (χ4n) is 0.922. The molecule has 7 heteroatoms. The minimum absolute atomic E-state index is 0.431. The second-order valence-corrected chi connectivity index (χ2v) is 2.89. The van der Waals surface area contributed by atoms with Crippen molar-refractivity contribution in [2.24, 2.45) is 0 Å². The lowest BCUT2D eigenvalue weighted by molar-refractivity contribution is 0.0581. The number of halogens is 3. The van der Waals surface area contributed by atoms with Crippen LogP contribution in [0.2, 0.25) is 5.15 Å². The van der Waals surface area contributed by atoms with Gasteiger partial charge in [0.25, 0.3) is 6.43 Å². The van der Waals surface area contributed by atoms with Gasteiger partial charge in [-0.2, -0.15) is 0 Å². The van der Waals surface area contributed by atoms with Gasteiger partial charge in [0.1, 0.15) is 0 Å². The van der Waals surface area contributed by atoms with Crippen LogP contribution in [0.15, 0.2) is 6.07 Å². The van der Waals surface area contributed by atoms with E-state index >= 15 is 0 Å². The van der Waals surface area contributed by atoms with Crippen LogP contribution >= 0.6 is 11.6 Å². The molecule has 1 aromatic heterocycles. The van der Waals surface area contributed by atoms with Crippen molar-refractivity contribution in [2.45, 2.75) is 6.43 Å². The average Bonchev–Trinajstić information content (AvgIpc) is 2.20. The van der Waals surface area contributed by atoms with Gasteiger partial charge >= 0.3 is 5.97 Å². The van der Waals surface area contributed by atoms with E-state index in [-0.39, 0.29) is 0 Å². The number of hydrogen-bond donors (Lipinski definition) is 1. The predicted octanol–water partition coefficient (Wildman–Crippen LogP) is 2.16. The third-order valence-corrected chi connectivity index (χ3v) is 1.88. The fourth-order valence-corrected chi connectivity index (χ4v) is 1.06. The molecule has 0 radical (unpaired) electrons. The summed E-state index contributed by atoms with van der Waals surface area (Å²) in [7, 11) is 1.03. The van der Waals surface area contributed by atoms with E-state index < -0.39 is 34.6 Å². The van der Waals surface area contributed by atoms with Crippen LogP contribution in [-0.4, -0.2) is 23.2 Å². The highest BCUT2D eigenvalue weighted by Gasteiger charge is 2.23. The van der Waals surface area contributed by atoms with Crippen molar-refractivity contribution in [3.05, 3.63) is 22.5 Å². The van der Waals surface area contributed by atoms with Gasteiger partial charge in [-0.1, -0.05) is 11.6 Å². The predicted molar refractivity (Wildman–Crippen MR) is 47.2 cm³/mol. The number of carbonyl (C=O) groups is 1. The van der Waals surface area contributed by atoms with Crippen LogP contribution in [0.25, 0.3) is 0 Å². The number of alkyl halides is 2. The van der Waals surface area contributed by atoms with E-state index in [1.54, 1.807) is 0 Å². The smallest absolute Gasteiger partial charge is 0.357 e. The maximum atomic E-state index is 12.4. The molecule has 1 rings (SSSR count). The lowest BCUT2D eigenvalue weighted by atomic mass is 10.2. The van der Waals surface area contributed by atoms with Crippen LogP contribution in [-0.2, 0) is 4.74 Å². The van der Waals surface area contributed by atoms with Crippen LogP contribution in [0, 0.1) is 0 Å². The largest absolute Gasteiger partial charge is 0.505 e. The molecule has 0 saturated heterocycles. The highest BCUT2D eigenvalue weighted by atomic mass is 35.5. The molecule has 4 nitrogen and oxygen atoms in total. The lowest BCUT2D eigenvalue weighted by Gasteiger charge is -2.07. The summed E-state index contributed by atoms with van der Waals surface area (Å²) < 4.78 is 29.1. The third-order valence-electron chi connectivity index (χ3n) is 1.60. The second-order valence-electron chi connectivity index (χ2n) is 2.53. The van der Waals surface area contributed by atoms with Gasteiger partial charge in [0, 0.05) is 0 Å². The minimum Gasteiger partial charge on any atom is -0.505 e. The van der Waals surface area contributed by atoms with Crippen molar-refractivity contribution in [3.63, 3.8) is 0 Å². The van der Waals surface area contributed by atoms with Gasteiger partial charge < -0.3 is 9.84 Å². The molecule has 0 unspecified atom stereocenters. The Balaban J connectivity index is 3.34. The van der Waals surface area contributed by atoms with Crippen LogP contribution in [0.5, 0.6) is 5.75 Å². The zero-order chi connectivity index (χ0) is 11.6. The highest BCUT2D eigenvalue weighted by molar-refractivity contribution is 6.31. The first-order valence-corrected chi connectivity index (χ1v) is 4.11. The molecule has 0 saturated carbocycles. The molecule has 0 bridgehead atoms. The van der Waals surface area contributed by atoms with E-state index in [1.807, 2.05) is 0 Å². The van der Waals surface area contributed by atoms with Crippen molar-refractivity contribution in [3.8, 4) is 5.75 Å². The van der Waals surface area contributed by atoms with E-state index in [1.165, 1.54) is 0 Å². The van der Waals surface area contributed by atoms with E-state index in [0.717, 1.165) is 7.11 Å². The number of pyridine rings is 1. The Morgan fingerprint density at radius 3 is 2.73 bits per heavy atom. The first kappa shape index (κ1) is 11.6. The Morgan fingerprint density at radius 2 is 2.27 bits per heavy atom. The summed E-state index contributed by atoms with van der Waals surface area (Å²) in [6, 6.07) is 0.687. The Bertz CT molecular complexity index is 398. The summed E-state index contributed by atoms with van der Waals surface area (Å²) in [5.74, 6) is -1.65. The van der Waals surface area contributed by atoms with Crippen molar-refractivity contribution < 1.29 is 23.4 Å². The van der Waals surface area contributed by atoms with E-state index in [9.17, 15) is 13.6 Å². The maximum Gasteiger partial charge on any atom is 0.357 e. The number of rotatable bonds is 2. The monoisotopic (exact) mass is 237 g/mol. The zero-order valence-electron chi connectivity index (χ0n) is 7.50. The summed E-state index contributed by atoms with van der Waals surface area (Å²) in [5.41, 5.74) is -1.32. The van der Waals surface area contributed by atoms with Crippen molar-refractivity contribution >= 4 is 17.6 Å². The number of methoxy groups -OCH3 is 1. The zero-order valence-corrected chi connectivity index (χ0v) is 8.26. The average molecular weight is 238 g/mol. The van der Waals surface area contributed by atoms with E-state index in [4.69, 9.17) is 16.7 Å².